The quantitative estimate of drug-likeness (QED) is 0.257. The molecule has 35 heavy (non-hydrogen) atoms. The minimum Gasteiger partial charge on any atom is -1.00 e. The van der Waals surface area contributed by atoms with Gasteiger partial charge in [0.2, 0.25) is 0 Å². The molecule has 0 bridgehead atoms. The van der Waals surface area contributed by atoms with Crippen LogP contribution in [0, 0.1) is 18.9 Å². The van der Waals surface area contributed by atoms with E-state index in [0.717, 1.165) is 0 Å². The summed E-state index contributed by atoms with van der Waals surface area (Å²) in [4.78, 5) is 0. The van der Waals surface area contributed by atoms with Gasteiger partial charge < -0.3 is 37.2 Å². The van der Waals surface area contributed by atoms with Crippen LogP contribution in [0.4, 0.5) is 0 Å². The van der Waals surface area contributed by atoms with Crippen molar-refractivity contribution in [3.8, 4) is 0 Å². The average molecular weight is 600 g/mol. The van der Waals surface area contributed by atoms with Crippen molar-refractivity contribution in [3.63, 3.8) is 0 Å². The van der Waals surface area contributed by atoms with E-state index in [2.05, 4.69) is 123 Å². The summed E-state index contributed by atoms with van der Waals surface area (Å²) in [5.41, 5.74) is 5.72. The molecule has 1 aliphatic carbocycles. The molecule has 0 spiro atoms. The Bertz CT molecular complexity index is 1040. The summed E-state index contributed by atoms with van der Waals surface area (Å²) in [6, 6.07) is 20.3. The van der Waals surface area contributed by atoms with Gasteiger partial charge in [0.1, 0.15) is 8.07 Å². The zero-order chi connectivity index (χ0) is 23.2. The maximum absolute atomic E-state index is 4.07. The molecule has 0 radical (unpaired) electrons. The Morgan fingerprint density at radius 3 is 1.74 bits per heavy atom. The van der Waals surface area contributed by atoms with Gasteiger partial charge in [-0.05, 0) is 18.9 Å². The van der Waals surface area contributed by atoms with E-state index >= 15 is 0 Å². The number of hydrogen-bond donors (Lipinski definition) is 0. The van der Waals surface area contributed by atoms with Crippen LogP contribution in [0.25, 0.3) is 0 Å². The van der Waals surface area contributed by atoms with Gasteiger partial charge in [-0.3, -0.25) is 6.08 Å². The molecule has 2 aromatic carbocycles. The van der Waals surface area contributed by atoms with Gasteiger partial charge in [-0.2, -0.15) is 11.1 Å². The molecule has 2 unspecified atom stereocenters. The minimum absolute atomic E-state index is 0. The second-order valence-corrected chi connectivity index (χ2v) is 20.8. The molecule has 0 N–H and O–H groups in total. The standard InChI is InChI=1S/C29H41Si2.3ClH.Ti/c1-21(2)20-31(26-14-12-11-13-15-26,29(7)19-23(4)24(5)25(29)6)28-17-22(3)16-27(18-28)30(8,9)10;;;;/h11-18,21H,20H2,1-10H3;3*1H;/q-1;;;;+4/p-3. The van der Waals surface area contributed by atoms with Gasteiger partial charge >= 0.3 is 21.7 Å². The van der Waals surface area contributed by atoms with E-state index in [1.165, 1.54) is 28.3 Å². The topological polar surface area (TPSA) is 0 Å². The Morgan fingerprint density at radius 1 is 0.800 bits per heavy atom. The number of benzene rings is 2. The zero-order valence-electron chi connectivity index (χ0n) is 23.0. The molecule has 0 saturated heterocycles. The normalized spacial score (nSPS) is 19.0. The van der Waals surface area contributed by atoms with E-state index in [1.807, 2.05) is 0 Å². The molecule has 0 saturated carbocycles. The first kappa shape index (κ1) is 37.1. The summed E-state index contributed by atoms with van der Waals surface area (Å²) in [5, 5.41) is 4.69. The van der Waals surface area contributed by atoms with Crippen LogP contribution in [0.15, 0.2) is 65.3 Å². The molecular weight excluding hydrogens is 559 g/mol. The second kappa shape index (κ2) is 13.6. The maximum atomic E-state index is 4.07. The molecule has 0 amide bonds. The van der Waals surface area contributed by atoms with E-state index in [4.69, 9.17) is 0 Å². The second-order valence-electron chi connectivity index (χ2n) is 11.3. The first-order valence-corrected chi connectivity index (χ1v) is 17.5. The van der Waals surface area contributed by atoms with Crippen molar-refractivity contribution < 1.29 is 58.9 Å². The Morgan fingerprint density at radius 2 is 1.31 bits per heavy atom. The molecule has 6 heteroatoms. The molecule has 190 valence electrons. The Kier molecular flexibility index (Phi) is 14.5. The zero-order valence-corrected chi connectivity index (χ0v) is 28.9. The van der Waals surface area contributed by atoms with Gasteiger partial charge in [0.15, 0.2) is 0 Å². The first-order valence-electron chi connectivity index (χ1n) is 11.8. The number of allylic oxidation sites excluding steroid dienone is 4. The van der Waals surface area contributed by atoms with E-state index < -0.39 is 16.1 Å². The Balaban J connectivity index is 0. The number of aryl methyl sites for hydroxylation is 1. The first-order chi connectivity index (χ1) is 14.3. The monoisotopic (exact) mass is 598 g/mol. The molecule has 0 aliphatic heterocycles. The van der Waals surface area contributed by atoms with Crippen molar-refractivity contribution in [2.75, 3.05) is 0 Å². The van der Waals surface area contributed by atoms with Crippen LogP contribution in [0.3, 0.4) is 0 Å². The van der Waals surface area contributed by atoms with Gasteiger partial charge in [0.25, 0.3) is 0 Å². The predicted octanol–water partition coefficient (Wildman–Crippen LogP) is -2.37. The Labute approximate surface area is 251 Å². The van der Waals surface area contributed by atoms with Gasteiger partial charge in [0, 0.05) is 0 Å². The average Bonchev–Trinajstić information content (AvgIpc) is 2.89. The summed E-state index contributed by atoms with van der Waals surface area (Å²) in [5.74, 6) is 0.621. The van der Waals surface area contributed by atoms with Crippen LogP contribution in [-0.4, -0.2) is 16.1 Å². The van der Waals surface area contributed by atoms with Gasteiger partial charge in [-0.15, -0.1) is 6.92 Å². The summed E-state index contributed by atoms with van der Waals surface area (Å²) in [6.45, 7) is 24.0. The molecule has 0 nitrogen and oxygen atoms in total. The van der Waals surface area contributed by atoms with Gasteiger partial charge in [-0.25, -0.2) is 5.57 Å². The third-order valence-electron chi connectivity index (χ3n) is 7.58. The van der Waals surface area contributed by atoms with Gasteiger partial charge in [0.05, 0.1) is 8.07 Å². The Hall–Kier alpha value is -0.0619. The third kappa shape index (κ3) is 6.88. The minimum atomic E-state index is -2.26. The molecule has 0 fully saturated rings. The van der Waals surface area contributed by atoms with Crippen LogP contribution in [0.5, 0.6) is 0 Å². The van der Waals surface area contributed by atoms with Crippen molar-refractivity contribution in [3.05, 3.63) is 76.9 Å². The van der Waals surface area contributed by atoms with E-state index in [-0.39, 0.29) is 64.0 Å². The molecular formula is C29H41Cl3Si2Ti. The summed E-state index contributed by atoms with van der Waals surface area (Å²) >= 11 is 0. The van der Waals surface area contributed by atoms with Crippen molar-refractivity contribution in [1.29, 1.82) is 0 Å². The van der Waals surface area contributed by atoms with E-state index in [9.17, 15) is 0 Å². The molecule has 0 aromatic heterocycles. The third-order valence-corrected chi connectivity index (χ3v) is 15.8. The van der Waals surface area contributed by atoms with Crippen LogP contribution >= 0.6 is 0 Å². The summed E-state index contributed by atoms with van der Waals surface area (Å²) in [7, 11) is -3.70. The van der Waals surface area contributed by atoms with Crippen molar-refractivity contribution >= 4 is 31.7 Å². The number of halogens is 3. The SMILES string of the molecule is CC1=[C-]C(C)([Si](CC(C)C)(c2ccccc2)c2cc(C)cc([Si](C)(C)C)c2)C(C)=C1C.[Cl-].[Cl-].[Cl-].[Ti+4]. The molecule has 0 heterocycles. The fraction of sp³-hybridized carbons (Fsp3) is 0.448. The fourth-order valence-electron chi connectivity index (χ4n) is 5.63. The molecule has 1 aliphatic rings. The van der Waals surface area contributed by atoms with Crippen molar-refractivity contribution in [2.45, 2.75) is 79.2 Å². The smallest absolute Gasteiger partial charge is 1.00 e. The van der Waals surface area contributed by atoms with Crippen molar-refractivity contribution in [1.82, 2.24) is 0 Å². The van der Waals surface area contributed by atoms with E-state index in [1.54, 1.807) is 15.6 Å². The van der Waals surface area contributed by atoms with Gasteiger partial charge in [-0.1, -0.05) is 129 Å². The van der Waals surface area contributed by atoms with Crippen LogP contribution < -0.4 is 52.8 Å². The molecule has 3 rings (SSSR count). The largest absolute Gasteiger partial charge is 4.00 e. The fourth-order valence-corrected chi connectivity index (χ4v) is 13.5. The van der Waals surface area contributed by atoms with Crippen molar-refractivity contribution in [2.24, 2.45) is 5.92 Å². The summed E-state index contributed by atoms with van der Waals surface area (Å²) < 4.78 is 0. The number of hydrogen-bond acceptors (Lipinski definition) is 0. The van der Waals surface area contributed by atoms with Crippen LogP contribution in [-0.2, 0) is 21.7 Å². The molecule has 2 aromatic rings. The van der Waals surface area contributed by atoms with Crippen LogP contribution in [0.1, 0.15) is 47.1 Å². The maximum Gasteiger partial charge on any atom is 4.00 e. The van der Waals surface area contributed by atoms with E-state index in [0.29, 0.717) is 5.92 Å². The van der Waals surface area contributed by atoms with Crippen LogP contribution in [0.2, 0.25) is 30.7 Å². The molecule has 2 atom stereocenters. The number of rotatable bonds is 6. The summed E-state index contributed by atoms with van der Waals surface area (Å²) in [6.07, 6.45) is 4.07. The predicted molar refractivity (Wildman–Crippen MR) is 144 cm³/mol.